The van der Waals surface area contributed by atoms with Crippen molar-refractivity contribution in [2.24, 2.45) is 0 Å². The van der Waals surface area contributed by atoms with E-state index < -0.39 is 23.1 Å². The Bertz CT molecular complexity index is 892. The van der Waals surface area contributed by atoms with E-state index in [0.717, 1.165) is 20.3 Å². The van der Waals surface area contributed by atoms with E-state index in [0.29, 0.717) is 4.21 Å². The van der Waals surface area contributed by atoms with Crippen molar-refractivity contribution in [1.82, 2.24) is 10.5 Å². The Morgan fingerprint density at radius 2 is 2.17 bits per heavy atom. The first kappa shape index (κ1) is 17.3. The monoisotopic (exact) mass is 428 g/mol. The van der Waals surface area contributed by atoms with E-state index in [4.69, 9.17) is 4.28 Å². The number of carbonyl (C=O) groups is 1. The summed E-state index contributed by atoms with van der Waals surface area (Å²) in [7, 11) is 0. The molecule has 0 amide bonds. The van der Waals surface area contributed by atoms with E-state index in [1.165, 1.54) is 11.3 Å². The number of H-pyrrole nitrogens is 1. The number of benzene rings is 1. The quantitative estimate of drug-likeness (QED) is 0.502. The number of fused-ring (bicyclic) bond motifs is 1. The highest BCUT2D eigenvalue weighted by molar-refractivity contribution is 9.11. The average Bonchev–Trinajstić information content (AvgIpc) is 3.17. The second kappa shape index (κ2) is 7.58. The summed E-state index contributed by atoms with van der Waals surface area (Å²) in [5.74, 6) is -1.08. The van der Waals surface area contributed by atoms with Crippen LogP contribution in [0.3, 0.4) is 0 Å². The number of aliphatic carboxylic acids is 1. The van der Waals surface area contributed by atoms with Gasteiger partial charge in [0.1, 0.15) is 10.3 Å². The molecule has 3 aromatic rings. The van der Waals surface area contributed by atoms with E-state index in [1.807, 2.05) is 24.3 Å². The minimum absolute atomic E-state index is 0.199. The molecule has 0 aliphatic carbocycles. The standard InChI is InChI=1S/C15H13BrN2O4S2/c16-13-5-6-14(23-13)24(21)22-18-12(15(19)20)7-9-8-17-11-4-2-1-3-10(9)11/h1-6,8,12,17-18H,7H2,(H,19,20). The van der Waals surface area contributed by atoms with E-state index in [2.05, 4.69) is 26.4 Å². The van der Waals surface area contributed by atoms with Gasteiger partial charge < -0.3 is 10.1 Å². The molecule has 3 N–H and O–H groups in total. The zero-order valence-electron chi connectivity index (χ0n) is 12.2. The van der Waals surface area contributed by atoms with Crippen molar-refractivity contribution >= 4 is 55.2 Å². The van der Waals surface area contributed by atoms with Gasteiger partial charge in [-0.05, 0) is 39.7 Å². The van der Waals surface area contributed by atoms with Crippen LogP contribution < -0.4 is 5.48 Å². The molecule has 0 bridgehead atoms. The summed E-state index contributed by atoms with van der Waals surface area (Å²) in [6.07, 6.45) is 1.97. The summed E-state index contributed by atoms with van der Waals surface area (Å²) in [6.45, 7) is 0. The number of aromatic amines is 1. The van der Waals surface area contributed by atoms with Crippen LogP contribution in [0.15, 0.2) is 50.6 Å². The maximum atomic E-state index is 12.0. The molecule has 0 aliphatic rings. The predicted molar refractivity (Wildman–Crippen MR) is 96.1 cm³/mol. The first-order chi connectivity index (χ1) is 11.5. The van der Waals surface area contributed by atoms with Crippen LogP contribution in [0.5, 0.6) is 0 Å². The van der Waals surface area contributed by atoms with Crippen LogP contribution in [0.2, 0.25) is 0 Å². The van der Waals surface area contributed by atoms with Crippen molar-refractivity contribution in [2.75, 3.05) is 0 Å². The molecule has 0 radical (unpaired) electrons. The first-order valence-electron chi connectivity index (χ1n) is 6.92. The van der Waals surface area contributed by atoms with Gasteiger partial charge in [-0.3, -0.25) is 4.79 Å². The van der Waals surface area contributed by atoms with Crippen molar-refractivity contribution in [2.45, 2.75) is 16.7 Å². The van der Waals surface area contributed by atoms with Gasteiger partial charge in [0.05, 0.1) is 3.79 Å². The highest BCUT2D eigenvalue weighted by Crippen LogP contribution is 2.25. The Balaban J connectivity index is 1.69. The fourth-order valence-corrected chi connectivity index (χ4v) is 4.78. The zero-order chi connectivity index (χ0) is 17.1. The van der Waals surface area contributed by atoms with Crippen LogP contribution in [0, 0.1) is 0 Å². The fraction of sp³-hybridized carbons (Fsp3) is 0.133. The summed E-state index contributed by atoms with van der Waals surface area (Å²) >= 11 is 2.77. The lowest BCUT2D eigenvalue weighted by molar-refractivity contribution is -0.141. The van der Waals surface area contributed by atoms with Crippen LogP contribution >= 0.6 is 27.3 Å². The number of hydrogen-bond donors (Lipinski definition) is 3. The van der Waals surface area contributed by atoms with Crippen LogP contribution in [0.25, 0.3) is 10.9 Å². The SMILES string of the molecule is O=C(O)C(Cc1c[nH]c2ccccc12)NOS(=O)c1ccc(Br)s1. The minimum atomic E-state index is -1.77. The van der Waals surface area contributed by atoms with Crippen LogP contribution in [-0.4, -0.2) is 26.3 Å². The lowest BCUT2D eigenvalue weighted by Crippen LogP contribution is -2.38. The lowest BCUT2D eigenvalue weighted by atomic mass is 10.1. The smallest absolute Gasteiger partial charge is 0.323 e. The number of halogens is 1. The summed E-state index contributed by atoms with van der Waals surface area (Å²) in [4.78, 5) is 14.6. The molecular formula is C15H13BrN2O4S2. The summed E-state index contributed by atoms with van der Waals surface area (Å²) < 4.78 is 18.4. The number of rotatable bonds is 7. The Morgan fingerprint density at radius 3 is 2.88 bits per heavy atom. The number of hydroxylamine groups is 1. The minimum Gasteiger partial charge on any atom is -0.480 e. The molecule has 0 saturated carbocycles. The molecule has 2 atom stereocenters. The molecule has 2 aromatic heterocycles. The molecule has 2 heterocycles. The van der Waals surface area contributed by atoms with E-state index in [-0.39, 0.29) is 6.42 Å². The van der Waals surface area contributed by atoms with Gasteiger partial charge in [0, 0.05) is 23.5 Å². The number of para-hydroxylation sites is 1. The van der Waals surface area contributed by atoms with Gasteiger partial charge in [0.15, 0.2) is 0 Å². The average molecular weight is 429 g/mol. The van der Waals surface area contributed by atoms with Crippen LogP contribution in [-0.2, 0) is 26.6 Å². The summed E-state index contributed by atoms with van der Waals surface area (Å²) in [5, 5.41) is 10.3. The molecule has 126 valence electrons. The van der Waals surface area contributed by atoms with Crippen LogP contribution in [0.1, 0.15) is 5.56 Å². The molecule has 1 aromatic carbocycles. The van der Waals surface area contributed by atoms with Gasteiger partial charge in [-0.1, -0.05) is 18.2 Å². The fourth-order valence-electron chi connectivity index (χ4n) is 2.23. The van der Waals surface area contributed by atoms with Crippen molar-refractivity contribution in [1.29, 1.82) is 0 Å². The first-order valence-corrected chi connectivity index (χ1v) is 9.61. The molecule has 24 heavy (non-hydrogen) atoms. The lowest BCUT2D eigenvalue weighted by Gasteiger charge is -2.12. The third-order valence-corrected chi connectivity index (χ3v) is 6.16. The number of hydrogen-bond acceptors (Lipinski definition) is 5. The Labute approximate surface area is 152 Å². The molecule has 2 unspecified atom stereocenters. The van der Waals surface area contributed by atoms with Gasteiger partial charge in [-0.2, -0.15) is 9.76 Å². The Hall–Kier alpha value is -1.52. The maximum Gasteiger partial charge on any atom is 0.323 e. The summed E-state index contributed by atoms with van der Waals surface area (Å²) in [5.41, 5.74) is 4.19. The van der Waals surface area contributed by atoms with E-state index in [9.17, 15) is 14.1 Å². The normalized spacial score (nSPS) is 13.9. The number of carboxylic acids is 1. The van der Waals surface area contributed by atoms with Crippen molar-refractivity contribution in [3.8, 4) is 0 Å². The largest absolute Gasteiger partial charge is 0.480 e. The third kappa shape index (κ3) is 3.93. The van der Waals surface area contributed by atoms with Gasteiger partial charge >= 0.3 is 5.97 Å². The maximum absolute atomic E-state index is 12.0. The molecule has 9 heteroatoms. The molecule has 0 spiro atoms. The van der Waals surface area contributed by atoms with Crippen molar-refractivity contribution < 1.29 is 18.4 Å². The van der Waals surface area contributed by atoms with Gasteiger partial charge in [-0.25, -0.2) is 4.21 Å². The van der Waals surface area contributed by atoms with Gasteiger partial charge in [0.2, 0.25) is 11.1 Å². The zero-order valence-corrected chi connectivity index (χ0v) is 15.4. The molecule has 0 fully saturated rings. The molecule has 0 saturated heterocycles. The predicted octanol–water partition coefficient (Wildman–Crippen LogP) is 3.23. The van der Waals surface area contributed by atoms with Crippen molar-refractivity contribution in [3.05, 3.63) is 51.9 Å². The third-order valence-electron chi connectivity index (χ3n) is 3.38. The van der Waals surface area contributed by atoms with Gasteiger partial charge in [-0.15, -0.1) is 11.3 Å². The highest BCUT2D eigenvalue weighted by atomic mass is 79.9. The number of carboxylic acid groups (broad SMARTS) is 1. The second-order valence-electron chi connectivity index (χ2n) is 4.95. The molecule has 6 nitrogen and oxygen atoms in total. The molecular weight excluding hydrogens is 416 g/mol. The second-order valence-corrected chi connectivity index (χ2v) is 8.75. The van der Waals surface area contributed by atoms with E-state index in [1.54, 1.807) is 18.3 Å². The van der Waals surface area contributed by atoms with Crippen molar-refractivity contribution in [3.63, 3.8) is 0 Å². The summed E-state index contributed by atoms with van der Waals surface area (Å²) in [6, 6.07) is 10.0. The number of thiophene rings is 1. The highest BCUT2D eigenvalue weighted by Gasteiger charge is 2.21. The molecule has 3 rings (SSSR count). The van der Waals surface area contributed by atoms with Crippen LogP contribution in [0.4, 0.5) is 0 Å². The molecule has 0 aliphatic heterocycles. The number of aromatic nitrogens is 1. The van der Waals surface area contributed by atoms with E-state index >= 15 is 0 Å². The van der Waals surface area contributed by atoms with Gasteiger partial charge in [0.25, 0.3) is 0 Å². The Kier molecular flexibility index (Phi) is 5.47. The number of nitrogens with one attached hydrogen (secondary N) is 2. The Morgan fingerprint density at radius 1 is 1.38 bits per heavy atom. The topological polar surface area (TPSA) is 91.4 Å².